The molecule has 1 aliphatic rings. The summed E-state index contributed by atoms with van der Waals surface area (Å²) in [6.07, 6.45) is 4.70. The first kappa shape index (κ1) is 11.3. The molecule has 0 amide bonds. The molecule has 0 radical (unpaired) electrons. The van der Waals surface area contributed by atoms with Crippen LogP contribution in [0.15, 0.2) is 24.3 Å². The topological polar surface area (TPSA) is 58.3 Å². The van der Waals surface area contributed by atoms with Crippen molar-refractivity contribution in [2.75, 3.05) is 17.7 Å². The van der Waals surface area contributed by atoms with Crippen LogP contribution < -0.4 is 11.1 Å². The maximum Gasteiger partial charge on any atom is 0.0576 e. The summed E-state index contributed by atoms with van der Waals surface area (Å²) < 4.78 is 0. The van der Waals surface area contributed by atoms with Gasteiger partial charge in [0.2, 0.25) is 0 Å². The highest BCUT2D eigenvalue weighted by Gasteiger charge is 2.24. The smallest absolute Gasteiger partial charge is 0.0576 e. The normalized spacial score (nSPS) is 25.3. The highest BCUT2D eigenvalue weighted by molar-refractivity contribution is 5.66. The maximum atomic E-state index is 9.34. The van der Waals surface area contributed by atoms with Gasteiger partial charge in [0, 0.05) is 18.6 Å². The van der Waals surface area contributed by atoms with Crippen molar-refractivity contribution in [2.45, 2.75) is 31.7 Å². The Morgan fingerprint density at radius 1 is 1.25 bits per heavy atom. The highest BCUT2D eigenvalue weighted by atomic mass is 16.3. The Morgan fingerprint density at radius 3 is 2.75 bits per heavy atom. The van der Waals surface area contributed by atoms with E-state index in [0.29, 0.717) is 12.0 Å². The summed E-state index contributed by atoms with van der Waals surface area (Å²) in [5.41, 5.74) is 7.68. The highest BCUT2D eigenvalue weighted by Crippen LogP contribution is 2.28. The molecule has 1 aromatic rings. The number of rotatable bonds is 3. The van der Waals surface area contributed by atoms with Crippen molar-refractivity contribution in [3.05, 3.63) is 24.3 Å². The Bertz CT molecular complexity index is 340. The van der Waals surface area contributed by atoms with E-state index in [0.717, 1.165) is 24.2 Å². The Morgan fingerprint density at radius 2 is 2.00 bits per heavy atom. The SMILES string of the molecule is Nc1ccccc1NC1CCCCC1CO. The Kier molecular flexibility index (Phi) is 3.67. The van der Waals surface area contributed by atoms with Crippen molar-refractivity contribution in [3.63, 3.8) is 0 Å². The van der Waals surface area contributed by atoms with E-state index in [1.807, 2.05) is 24.3 Å². The summed E-state index contributed by atoms with van der Waals surface area (Å²) in [5, 5.41) is 12.8. The number of hydrogen-bond donors (Lipinski definition) is 3. The average molecular weight is 220 g/mol. The lowest BCUT2D eigenvalue weighted by Gasteiger charge is -2.32. The van der Waals surface area contributed by atoms with E-state index in [1.165, 1.54) is 12.8 Å². The minimum absolute atomic E-state index is 0.268. The van der Waals surface area contributed by atoms with Gasteiger partial charge in [0.1, 0.15) is 0 Å². The van der Waals surface area contributed by atoms with Crippen molar-refractivity contribution < 1.29 is 5.11 Å². The number of nitrogen functional groups attached to an aromatic ring is 1. The summed E-state index contributed by atoms with van der Waals surface area (Å²) in [4.78, 5) is 0. The Hall–Kier alpha value is -1.22. The molecule has 0 aromatic heterocycles. The lowest BCUT2D eigenvalue weighted by molar-refractivity contribution is 0.178. The van der Waals surface area contributed by atoms with Crippen LogP contribution in [0.4, 0.5) is 11.4 Å². The number of anilines is 2. The quantitative estimate of drug-likeness (QED) is 0.685. The largest absolute Gasteiger partial charge is 0.397 e. The number of nitrogens with one attached hydrogen (secondary N) is 1. The van der Waals surface area contributed by atoms with Crippen LogP contribution in [0.5, 0.6) is 0 Å². The number of aliphatic hydroxyl groups is 1. The summed E-state index contributed by atoms with van der Waals surface area (Å²) in [6, 6.07) is 8.18. The second-order valence-electron chi connectivity index (χ2n) is 4.57. The molecule has 3 nitrogen and oxygen atoms in total. The van der Waals surface area contributed by atoms with Gasteiger partial charge in [-0.15, -0.1) is 0 Å². The molecular weight excluding hydrogens is 200 g/mol. The fraction of sp³-hybridized carbons (Fsp3) is 0.538. The lowest BCUT2D eigenvalue weighted by Crippen LogP contribution is -2.34. The molecule has 88 valence electrons. The maximum absolute atomic E-state index is 9.34. The molecule has 0 bridgehead atoms. The van der Waals surface area contributed by atoms with Gasteiger partial charge < -0.3 is 16.2 Å². The summed E-state index contributed by atoms with van der Waals surface area (Å²) in [5.74, 6) is 0.369. The van der Waals surface area contributed by atoms with Crippen LogP contribution >= 0.6 is 0 Å². The molecular formula is C13H20N2O. The third-order valence-electron chi connectivity index (χ3n) is 3.45. The molecule has 2 atom stereocenters. The molecule has 4 N–H and O–H groups in total. The third-order valence-corrected chi connectivity index (χ3v) is 3.45. The second-order valence-corrected chi connectivity index (χ2v) is 4.57. The molecule has 0 spiro atoms. The van der Waals surface area contributed by atoms with E-state index >= 15 is 0 Å². The van der Waals surface area contributed by atoms with Crippen LogP contribution in [0.25, 0.3) is 0 Å². The third kappa shape index (κ3) is 2.47. The van der Waals surface area contributed by atoms with Gasteiger partial charge >= 0.3 is 0 Å². The number of para-hydroxylation sites is 2. The van der Waals surface area contributed by atoms with Crippen LogP contribution in [0.1, 0.15) is 25.7 Å². The van der Waals surface area contributed by atoms with Crippen molar-refractivity contribution >= 4 is 11.4 Å². The molecule has 1 fully saturated rings. The fourth-order valence-corrected chi connectivity index (χ4v) is 2.44. The minimum Gasteiger partial charge on any atom is -0.397 e. The molecule has 1 aliphatic carbocycles. The zero-order valence-electron chi connectivity index (χ0n) is 9.52. The number of hydrogen-bond acceptors (Lipinski definition) is 3. The monoisotopic (exact) mass is 220 g/mol. The van der Waals surface area contributed by atoms with Gasteiger partial charge in [-0.2, -0.15) is 0 Å². The standard InChI is InChI=1S/C13H20N2O/c14-11-6-2-4-8-13(11)15-12-7-3-1-5-10(12)9-16/h2,4,6,8,10,12,15-16H,1,3,5,7,9,14H2. The first-order chi connectivity index (χ1) is 7.81. The van der Waals surface area contributed by atoms with Gasteiger partial charge in [-0.1, -0.05) is 25.0 Å². The van der Waals surface area contributed by atoms with Crippen molar-refractivity contribution in [2.24, 2.45) is 5.92 Å². The number of nitrogens with two attached hydrogens (primary N) is 1. The molecule has 1 aromatic carbocycles. The molecule has 16 heavy (non-hydrogen) atoms. The lowest BCUT2D eigenvalue weighted by atomic mass is 9.85. The summed E-state index contributed by atoms with van der Waals surface area (Å²) in [7, 11) is 0. The summed E-state index contributed by atoms with van der Waals surface area (Å²) >= 11 is 0. The Labute approximate surface area is 96.7 Å². The van der Waals surface area contributed by atoms with Gasteiger partial charge in [0.25, 0.3) is 0 Å². The molecule has 0 saturated heterocycles. The first-order valence-corrected chi connectivity index (χ1v) is 6.03. The fourth-order valence-electron chi connectivity index (χ4n) is 2.44. The molecule has 3 heteroatoms. The van der Waals surface area contributed by atoms with E-state index in [2.05, 4.69) is 5.32 Å². The average Bonchev–Trinajstić information content (AvgIpc) is 2.33. The van der Waals surface area contributed by atoms with Gasteiger partial charge in [-0.05, 0) is 25.0 Å². The van der Waals surface area contributed by atoms with Gasteiger partial charge in [-0.25, -0.2) is 0 Å². The number of aliphatic hydroxyl groups excluding tert-OH is 1. The van der Waals surface area contributed by atoms with E-state index in [1.54, 1.807) is 0 Å². The molecule has 1 saturated carbocycles. The van der Waals surface area contributed by atoms with Crippen molar-refractivity contribution in [1.82, 2.24) is 0 Å². The predicted octanol–water partition coefficient (Wildman–Crippen LogP) is 2.23. The first-order valence-electron chi connectivity index (χ1n) is 6.03. The van der Waals surface area contributed by atoms with Crippen molar-refractivity contribution in [3.8, 4) is 0 Å². The zero-order valence-corrected chi connectivity index (χ0v) is 9.52. The van der Waals surface area contributed by atoms with Crippen LogP contribution in [0.2, 0.25) is 0 Å². The van der Waals surface area contributed by atoms with Crippen LogP contribution in [-0.2, 0) is 0 Å². The van der Waals surface area contributed by atoms with Crippen LogP contribution in [0, 0.1) is 5.92 Å². The summed E-state index contributed by atoms with van der Waals surface area (Å²) in [6.45, 7) is 0.268. The van der Waals surface area contributed by atoms with Gasteiger partial charge in [0.05, 0.1) is 11.4 Å². The van der Waals surface area contributed by atoms with E-state index in [-0.39, 0.29) is 6.61 Å². The minimum atomic E-state index is 0.268. The van der Waals surface area contributed by atoms with E-state index < -0.39 is 0 Å². The van der Waals surface area contributed by atoms with Gasteiger partial charge in [0.15, 0.2) is 0 Å². The van der Waals surface area contributed by atoms with E-state index in [9.17, 15) is 5.11 Å². The zero-order chi connectivity index (χ0) is 11.4. The second kappa shape index (κ2) is 5.21. The van der Waals surface area contributed by atoms with Crippen LogP contribution in [-0.4, -0.2) is 17.8 Å². The molecule has 0 heterocycles. The molecule has 0 aliphatic heterocycles. The predicted molar refractivity (Wildman–Crippen MR) is 67.3 cm³/mol. The Balaban J connectivity index is 2.05. The van der Waals surface area contributed by atoms with Gasteiger partial charge in [-0.3, -0.25) is 0 Å². The van der Waals surface area contributed by atoms with Crippen molar-refractivity contribution in [1.29, 1.82) is 0 Å². The van der Waals surface area contributed by atoms with E-state index in [4.69, 9.17) is 5.73 Å². The molecule has 2 rings (SSSR count). The number of benzene rings is 1. The van der Waals surface area contributed by atoms with Crippen LogP contribution in [0.3, 0.4) is 0 Å². The molecule has 2 unspecified atom stereocenters.